The van der Waals surface area contributed by atoms with Crippen LogP contribution in [0.5, 0.6) is 0 Å². The number of nitrogens with zero attached hydrogens (tertiary/aromatic N) is 4. The summed E-state index contributed by atoms with van der Waals surface area (Å²) < 4.78 is 0.999. The van der Waals surface area contributed by atoms with E-state index in [1.807, 2.05) is 12.1 Å². The van der Waals surface area contributed by atoms with E-state index >= 15 is 0 Å². The molecule has 1 fully saturated rings. The lowest BCUT2D eigenvalue weighted by molar-refractivity contribution is -0.384. The maximum Gasteiger partial charge on any atom is 0.293 e. The predicted octanol–water partition coefficient (Wildman–Crippen LogP) is 4.12. The van der Waals surface area contributed by atoms with Crippen molar-refractivity contribution in [3.05, 3.63) is 52.1 Å². The second kappa shape index (κ2) is 7.67. The number of amides is 1. The van der Waals surface area contributed by atoms with Crippen molar-refractivity contribution < 1.29 is 9.72 Å². The quantitative estimate of drug-likeness (QED) is 0.501. The molecule has 1 aliphatic rings. The lowest BCUT2D eigenvalue weighted by Gasteiger charge is -2.13. The average molecular weight is 411 g/mol. The molecule has 0 atom stereocenters. The first-order chi connectivity index (χ1) is 13.9. The summed E-state index contributed by atoms with van der Waals surface area (Å²) in [6, 6.07) is 10.1. The first kappa shape index (κ1) is 19.1. The van der Waals surface area contributed by atoms with E-state index in [1.165, 1.54) is 18.9 Å². The number of carbonyl (C=O) groups is 1. The van der Waals surface area contributed by atoms with Gasteiger partial charge in [0, 0.05) is 44.5 Å². The summed E-state index contributed by atoms with van der Waals surface area (Å²) >= 11 is 1.61. The molecule has 0 spiro atoms. The summed E-state index contributed by atoms with van der Waals surface area (Å²) in [4.78, 5) is 32.1. The molecular weight excluding hydrogens is 390 g/mol. The first-order valence-corrected chi connectivity index (χ1v) is 10.2. The van der Waals surface area contributed by atoms with Gasteiger partial charge in [-0.1, -0.05) is 11.3 Å². The van der Waals surface area contributed by atoms with Crippen LogP contribution in [0.1, 0.15) is 23.2 Å². The van der Waals surface area contributed by atoms with E-state index < -0.39 is 4.92 Å². The fraction of sp³-hybridized carbons (Fsp3) is 0.300. The number of carbonyl (C=O) groups excluding carboxylic acids is 1. The topological polar surface area (TPSA) is 91.6 Å². The zero-order valence-corrected chi connectivity index (χ0v) is 17.0. The number of nitro benzene ring substituents is 1. The number of hydrogen-bond acceptors (Lipinski definition) is 7. The van der Waals surface area contributed by atoms with E-state index in [0.29, 0.717) is 11.4 Å². The van der Waals surface area contributed by atoms with E-state index in [9.17, 15) is 14.9 Å². The molecular formula is C20H21N5O3S. The monoisotopic (exact) mass is 411 g/mol. The van der Waals surface area contributed by atoms with Gasteiger partial charge in [0.25, 0.3) is 11.6 Å². The molecule has 2 aromatic carbocycles. The van der Waals surface area contributed by atoms with Crippen LogP contribution in [0.25, 0.3) is 10.2 Å². The summed E-state index contributed by atoms with van der Waals surface area (Å²) in [6.07, 6.45) is 2.38. The lowest BCUT2D eigenvalue weighted by Crippen LogP contribution is -2.16. The van der Waals surface area contributed by atoms with Gasteiger partial charge in [-0.2, -0.15) is 0 Å². The molecule has 4 rings (SSSR count). The molecule has 0 bridgehead atoms. The maximum atomic E-state index is 12.7. The third kappa shape index (κ3) is 3.86. The number of nitrogens with one attached hydrogen (secondary N) is 1. The smallest absolute Gasteiger partial charge is 0.293 e. The Balaban J connectivity index is 1.57. The van der Waals surface area contributed by atoms with Crippen molar-refractivity contribution in [1.29, 1.82) is 0 Å². The zero-order valence-electron chi connectivity index (χ0n) is 16.2. The number of anilines is 3. The van der Waals surface area contributed by atoms with Crippen LogP contribution < -0.4 is 15.1 Å². The summed E-state index contributed by atoms with van der Waals surface area (Å²) in [7, 11) is 3.45. The minimum Gasteiger partial charge on any atom is -0.372 e. The number of thiazole rings is 1. The summed E-state index contributed by atoms with van der Waals surface area (Å²) in [5.74, 6) is -0.387. The van der Waals surface area contributed by atoms with Crippen LogP contribution in [-0.2, 0) is 0 Å². The maximum absolute atomic E-state index is 12.7. The van der Waals surface area contributed by atoms with Gasteiger partial charge in [-0.15, -0.1) is 0 Å². The van der Waals surface area contributed by atoms with Crippen molar-refractivity contribution >= 4 is 49.7 Å². The Bertz CT molecular complexity index is 1090. The molecule has 29 heavy (non-hydrogen) atoms. The molecule has 0 aliphatic carbocycles. The molecule has 1 aromatic heterocycles. The minimum absolute atomic E-state index is 0.101. The Labute approximate surface area is 171 Å². The van der Waals surface area contributed by atoms with Gasteiger partial charge in [-0.25, -0.2) is 4.98 Å². The third-order valence-corrected chi connectivity index (χ3v) is 6.01. The van der Waals surface area contributed by atoms with Gasteiger partial charge in [0.1, 0.15) is 5.69 Å². The van der Waals surface area contributed by atoms with Gasteiger partial charge >= 0.3 is 0 Å². The van der Waals surface area contributed by atoms with Crippen LogP contribution in [0.4, 0.5) is 22.2 Å². The molecule has 0 unspecified atom stereocenters. The standard InChI is InChI=1S/C20H21N5O3S/c1-23(2)16-8-5-13(11-17(16)25(27)28)19(26)21-14-6-7-15-18(12-14)29-20(22-15)24-9-3-4-10-24/h5-8,11-12H,3-4,9-10H2,1-2H3,(H,21,26). The van der Waals surface area contributed by atoms with Crippen molar-refractivity contribution in [3.63, 3.8) is 0 Å². The van der Waals surface area contributed by atoms with Crippen LogP contribution in [0, 0.1) is 10.1 Å². The van der Waals surface area contributed by atoms with Crippen molar-refractivity contribution in [3.8, 4) is 0 Å². The predicted molar refractivity (Wildman–Crippen MR) is 116 cm³/mol. The summed E-state index contributed by atoms with van der Waals surface area (Å²) in [5.41, 5.74) is 2.13. The first-order valence-electron chi connectivity index (χ1n) is 9.35. The number of hydrogen-bond donors (Lipinski definition) is 1. The van der Waals surface area contributed by atoms with Crippen LogP contribution >= 0.6 is 11.3 Å². The molecule has 1 saturated heterocycles. The molecule has 0 saturated carbocycles. The van der Waals surface area contributed by atoms with Gasteiger partial charge in [-0.05, 0) is 43.2 Å². The van der Waals surface area contributed by atoms with Gasteiger partial charge in [0.05, 0.1) is 15.1 Å². The zero-order chi connectivity index (χ0) is 20.5. The van der Waals surface area contributed by atoms with Crippen LogP contribution in [0.3, 0.4) is 0 Å². The molecule has 1 N–H and O–H groups in total. The van der Waals surface area contributed by atoms with Crippen molar-refractivity contribution in [1.82, 2.24) is 4.98 Å². The Morgan fingerprint density at radius 3 is 2.66 bits per heavy atom. The SMILES string of the molecule is CN(C)c1ccc(C(=O)Nc2ccc3nc(N4CCCC4)sc3c2)cc1[N+](=O)[O-]. The van der Waals surface area contributed by atoms with Crippen LogP contribution in [0.2, 0.25) is 0 Å². The summed E-state index contributed by atoms with van der Waals surface area (Å²) in [5, 5.41) is 15.2. The van der Waals surface area contributed by atoms with Crippen molar-refractivity contribution in [2.75, 3.05) is 42.3 Å². The minimum atomic E-state index is -0.477. The molecule has 0 radical (unpaired) electrons. The average Bonchev–Trinajstić information content (AvgIpc) is 3.36. The van der Waals surface area contributed by atoms with Gasteiger partial charge < -0.3 is 15.1 Å². The third-order valence-electron chi connectivity index (χ3n) is 4.93. The Morgan fingerprint density at radius 2 is 1.97 bits per heavy atom. The van der Waals surface area contributed by atoms with E-state index in [0.717, 1.165) is 28.4 Å². The van der Waals surface area contributed by atoms with Crippen LogP contribution in [-0.4, -0.2) is 43.0 Å². The summed E-state index contributed by atoms with van der Waals surface area (Å²) in [6.45, 7) is 2.07. The van der Waals surface area contributed by atoms with Gasteiger partial charge in [-0.3, -0.25) is 14.9 Å². The van der Waals surface area contributed by atoms with Crippen LogP contribution in [0.15, 0.2) is 36.4 Å². The second-order valence-electron chi connectivity index (χ2n) is 7.18. The normalized spacial score (nSPS) is 13.7. The van der Waals surface area contributed by atoms with Crippen molar-refractivity contribution in [2.24, 2.45) is 0 Å². The number of benzene rings is 2. The van der Waals surface area contributed by atoms with Crippen molar-refractivity contribution in [2.45, 2.75) is 12.8 Å². The Kier molecular flexibility index (Phi) is 5.06. The number of nitro groups is 1. The van der Waals surface area contributed by atoms with E-state index in [2.05, 4.69) is 15.2 Å². The largest absolute Gasteiger partial charge is 0.372 e. The highest BCUT2D eigenvalue weighted by Gasteiger charge is 2.20. The van der Waals surface area contributed by atoms with E-state index in [-0.39, 0.29) is 17.2 Å². The second-order valence-corrected chi connectivity index (χ2v) is 8.19. The fourth-order valence-electron chi connectivity index (χ4n) is 3.43. The van der Waals surface area contributed by atoms with E-state index in [4.69, 9.17) is 0 Å². The Hall–Kier alpha value is -3.20. The molecule has 2 heterocycles. The molecule has 3 aromatic rings. The van der Waals surface area contributed by atoms with Gasteiger partial charge in [0.15, 0.2) is 5.13 Å². The van der Waals surface area contributed by atoms with Gasteiger partial charge in [0.2, 0.25) is 0 Å². The molecule has 1 amide bonds. The molecule has 8 nitrogen and oxygen atoms in total. The molecule has 1 aliphatic heterocycles. The fourth-order valence-corrected chi connectivity index (χ4v) is 4.48. The highest BCUT2D eigenvalue weighted by Crippen LogP contribution is 2.33. The molecule has 9 heteroatoms. The number of rotatable bonds is 5. The highest BCUT2D eigenvalue weighted by molar-refractivity contribution is 7.22. The number of aromatic nitrogens is 1. The Morgan fingerprint density at radius 1 is 1.21 bits per heavy atom. The highest BCUT2D eigenvalue weighted by atomic mass is 32.1. The lowest BCUT2D eigenvalue weighted by atomic mass is 10.1. The van der Waals surface area contributed by atoms with E-state index in [1.54, 1.807) is 48.5 Å². The molecule has 150 valence electrons. The number of fused-ring (bicyclic) bond motifs is 1.